The number of aromatic nitrogens is 2. The zero-order valence-corrected chi connectivity index (χ0v) is 14.2. The van der Waals surface area contributed by atoms with Gasteiger partial charge < -0.3 is 9.73 Å². The van der Waals surface area contributed by atoms with Gasteiger partial charge in [0.15, 0.2) is 0 Å². The maximum absolute atomic E-state index is 12.5. The first kappa shape index (κ1) is 17.2. The third kappa shape index (κ3) is 5.20. The van der Waals surface area contributed by atoms with Gasteiger partial charge in [0.1, 0.15) is 6.04 Å². The smallest absolute Gasteiger partial charge is 0.238 e. The van der Waals surface area contributed by atoms with E-state index in [2.05, 4.69) is 29.4 Å². The molecule has 1 amide bonds. The molecule has 23 heavy (non-hydrogen) atoms. The Bertz CT molecular complexity index is 622. The van der Waals surface area contributed by atoms with Gasteiger partial charge in [-0.1, -0.05) is 51.1 Å². The molecule has 0 aliphatic heterocycles. The molecule has 0 spiro atoms. The lowest BCUT2D eigenvalue weighted by molar-refractivity contribution is -0.125. The summed E-state index contributed by atoms with van der Waals surface area (Å²) in [6.45, 7) is 7.90. The van der Waals surface area contributed by atoms with Crippen LogP contribution >= 0.6 is 0 Å². The fourth-order valence-corrected chi connectivity index (χ4v) is 2.52. The standard InChI is InChI=1S/C18H25N3O2/c1-12(2)10-16(18-21-20-14(4)23-18)19-17(22)13(3)11-15-8-6-5-7-9-15/h5-9,12-13,16H,10-11H2,1-4H3,(H,19,22). The highest BCUT2D eigenvalue weighted by atomic mass is 16.4. The van der Waals surface area contributed by atoms with Crippen molar-refractivity contribution in [1.29, 1.82) is 0 Å². The summed E-state index contributed by atoms with van der Waals surface area (Å²) >= 11 is 0. The first-order chi connectivity index (χ1) is 11.0. The van der Waals surface area contributed by atoms with Gasteiger partial charge in [-0.05, 0) is 24.3 Å². The molecule has 0 aliphatic rings. The normalized spacial score (nSPS) is 13.8. The van der Waals surface area contributed by atoms with Crippen LogP contribution in [-0.4, -0.2) is 16.1 Å². The molecule has 0 aliphatic carbocycles. The molecule has 5 heteroatoms. The second-order valence-electron chi connectivity index (χ2n) is 6.44. The van der Waals surface area contributed by atoms with Crippen LogP contribution in [0.5, 0.6) is 0 Å². The van der Waals surface area contributed by atoms with Crippen LogP contribution in [0.2, 0.25) is 0 Å². The largest absolute Gasteiger partial charge is 0.423 e. The summed E-state index contributed by atoms with van der Waals surface area (Å²) in [5.74, 6) is 1.31. The first-order valence-corrected chi connectivity index (χ1v) is 8.10. The van der Waals surface area contributed by atoms with Gasteiger partial charge in [0.25, 0.3) is 0 Å². The number of nitrogens with one attached hydrogen (secondary N) is 1. The van der Waals surface area contributed by atoms with E-state index in [0.29, 0.717) is 24.1 Å². The van der Waals surface area contributed by atoms with Crippen LogP contribution in [0.15, 0.2) is 34.7 Å². The van der Waals surface area contributed by atoms with E-state index in [4.69, 9.17) is 4.42 Å². The molecule has 2 aromatic rings. The lowest BCUT2D eigenvalue weighted by Gasteiger charge is -2.20. The molecule has 1 N–H and O–H groups in total. The lowest BCUT2D eigenvalue weighted by atomic mass is 9.98. The second kappa shape index (κ2) is 7.90. The van der Waals surface area contributed by atoms with Crippen LogP contribution < -0.4 is 5.32 Å². The molecule has 1 heterocycles. The molecule has 0 fully saturated rings. The fourth-order valence-electron chi connectivity index (χ4n) is 2.52. The van der Waals surface area contributed by atoms with Gasteiger partial charge in [-0.15, -0.1) is 10.2 Å². The summed E-state index contributed by atoms with van der Waals surface area (Å²) in [7, 11) is 0. The van der Waals surface area contributed by atoms with Gasteiger partial charge in [-0.3, -0.25) is 4.79 Å². The summed E-state index contributed by atoms with van der Waals surface area (Å²) in [6, 6.07) is 9.80. The third-order valence-electron chi connectivity index (χ3n) is 3.70. The Morgan fingerprint density at radius 2 is 1.87 bits per heavy atom. The van der Waals surface area contributed by atoms with Crippen LogP contribution in [0.25, 0.3) is 0 Å². The molecule has 0 saturated heterocycles. The summed E-state index contributed by atoms with van der Waals surface area (Å²) in [5, 5.41) is 11.0. The molecular weight excluding hydrogens is 290 g/mol. The van der Waals surface area contributed by atoms with Crippen LogP contribution in [0.3, 0.4) is 0 Å². The maximum Gasteiger partial charge on any atom is 0.238 e. The topological polar surface area (TPSA) is 68.0 Å². The minimum atomic E-state index is -0.234. The van der Waals surface area contributed by atoms with E-state index in [-0.39, 0.29) is 17.9 Å². The molecule has 1 aromatic carbocycles. The molecule has 2 rings (SSSR count). The highest BCUT2D eigenvalue weighted by molar-refractivity contribution is 5.78. The zero-order chi connectivity index (χ0) is 16.8. The highest BCUT2D eigenvalue weighted by Gasteiger charge is 2.24. The van der Waals surface area contributed by atoms with Crippen molar-refractivity contribution in [3.8, 4) is 0 Å². The van der Waals surface area contributed by atoms with Crippen LogP contribution in [0.1, 0.15) is 50.6 Å². The van der Waals surface area contributed by atoms with Crippen molar-refractivity contribution in [3.63, 3.8) is 0 Å². The molecule has 1 aromatic heterocycles. The van der Waals surface area contributed by atoms with E-state index in [9.17, 15) is 4.79 Å². The maximum atomic E-state index is 12.5. The summed E-state index contributed by atoms with van der Waals surface area (Å²) in [6.07, 6.45) is 1.48. The fraction of sp³-hybridized carbons (Fsp3) is 0.500. The zero-order valence-electron chi connectivity index (χ0n) is 14.2. The Morgan fingerprint density at radius 1 is 1.17 bits per heavy atom. The number of benzene rings is 1. The number of carbonyl (C=O) groups excluding carboxylic acids is 1. The first-order valence-electron chi connectivity index (χ1n) is 8.10. The van der Waals surface area contributed by atoms with E-state index < -0.39 is 0 Å². The minimum absolute atomic E-state index is 0.00959. The Morgan fingerprint density at radius 3 is 2.43 bits per heavy atom. The number of hydrogen-bond acceptors (Lipinski definition) is 4. The Hall–Kier alpha value is -2.17. The van der Waals surface area contributed by atoms with Crippen molar-refractivity contribution in [2.24, 2.45) is 11.8 Å². The van der Waals surface area contributed by atoms with E-state index in [0.717, 1.165) is 12.0 Å². The van der Waals surface area contributed by atoms with Gasteiger partial charge in [-0.25, -0.2) is 0 Å². The molecular formula is C18H25N3O2. The third-order valence-corrected chi connectivity index (χ3v) is 3.70. The Kier molecular flexibility index (Phi) is 5.90. The van der Waals surface area contributed by atoms with Crippen molar-refractivity contribution < 1.29 is 9.21 Å². The van der Waals surface area contributed by atoms with E-state index in [1.807, 2.05) is 37.3 Å². The number of rotatable bonds is 7. The van der Waals surface area contributed by atoms with Gasteiger partial charge in [0, 0.05) is 12.8 Å². The van der Waals surface area contributed by atoms with Gasteiger partial charge in [0.05, 0.1) is 0 Å². The van der Waals surface area contributed by atoms with Crippen molar-refractivity contribution in [2.45, 2.75) is 46.6 Å². The van der Waals surface area contributed by atoms with Crippen LogP contribution in [0.4, 0.5) is 0 Å². The van der Waals surface area contributed by atoms with Gasteiger partial charge >= 0.3 is 0 Å². The molecule has 0 bridgehead atoms. The van der Waals surface area contributed by atoms with E-state index >= 15 is 0 Å². The Balaban J connectivity index is 2.01. The number of amides is 1. The summed E-state index contributed by atoms with van der Waals surface area (Å²) in [5.41, 5.74) is 1.16. The number of hydrogen-bond donors (Lipinski definition) is 1. The molecule has 2 unspecified atom stereocenters. The quantitative estimate of drug-likeness (QED) is 0.849. The van der Waals surface area contributed by atoms with Gasteiger partial charge in [0.2, 0.25) is 17.7 Å². The highest BCUT2D eigenvalue weighted by Crippen LogP contribution is 2.21. The van der Waals surface area contributed by atoms with Crippen molar-refractivity contribution in [1.82, 2.24) is 15.5 Å². The SMILES string of the molecule is Cc1nnc(C(CC(C)C)NC(=O)C(C)Cc2ccccc2)o1. The monoisotopic (exact) mass is 315 g/mol. The summed E-state index contributed by atoms with van der Waals surface area (Å²) in [4.78, 5) is 12.5. The number of aryl methyl sites for hydroxylation is 1. The second-order valence-corrected chi connectivity index (χ2v) is 6.44. The van der Waals surface area contributed by atoms with E-state index in [1.165, 1.54) is 0 Å². The predicted octanol–water partition coefficient (Wildman–Crippen LogP) is 3.46. The average Bonchev–Trinajstić information content (AvgIpc) is 2.93. The van der Waals surface area contributed by atoms with Gasteiger partial charge in [-0.2, -0.15) is 0 Å². The lowest BCUT2D eigenvalue weighted by Crippen LogP contribution is -2.34. The van der Waals surface area contributed by atoms with Crippen LogP contribution in [0, 0.1) is 18.8 Å². The number of carbonyl (C=O) groups is 1. The van der Waals surface area contributed by atoms with E-state index in [1.54, 1.807) is 6.92 Å². The summed E-state index contributed by atoms with van der Waals surface area (Å²) < 4.78 is 5.51. The molecule has 2 atom stereocenters. The molecule has 0 saturated carbocycles. The van der Waals surface area contributed by atoms with Crippen molar-refractivity contribution in [3.05, 3.63) is 47.7 Å². The number of nitrogens with zero attached hydrogens (tertiary/aromatic N) is 2. The molecule has 124 valence electrons. The average molecular weight is 315 g/mol. The van der Waals surface area contributed by atoms with Crippen molar-refractivity contribution >= 4 is 5.91 Å². The predicted molar refractivity (Wildman–Crippen MR) is 88.7 cm³/mol. The van der Waals surface area contributed by atoms with Crippen molar-refractivity contribution in [2.75, 3.05) is 0 Å². The Labute approximate surface area is 137 Å². The van der Waals surface area contributed by atoms with Crippen LogP contribution in [-0.2, 0) is 11.2 Å². The molecule has 0 radical (unpaired) electrons. The molecule has 5 nitrogen and oxygen atoms in total. The minimum Gasteiger partial charge on any atom is -0.423 e.